The van der Waals surface area contributed by atoms with Crippen LogP contribution in [0.3, 0.4) is 0 Å². The number of carbonyl (C=O) groups excluding carboxylic acids is 2. The van der Waals surface area contributed by atoms with E-state index in [4.69, 9.17) is 9.26 Å². The number of alkyl carbamates (subject to hydrolysis) is 1. The molecule has 2 atom stereocenters. The number of nitrogens with zero attached hydrogens (tertiary/aromatic N) is 2. The average Bonchev–Trinajstić information content (AvgIpc) is 2.73. The third-order valence-corrected chi connectivity index (χ3v) is 2.40. The smallest absolute Gasteiger partial charge is 0.408 e. The van der Waals surface area contributed by atoms with Gasteiger partial charge < -0.3 is 19.9 Å². The quantitative estimate of drug-likeness (QED) is 0.871. The maximum atomic E-state index is 12.0. The molecule has 0 aliphatic heterocycles. The zero-order chi connectivity index (χ0) is 16.2. The van der Waals surface area contributed by atoms with Crippen molar-refractivity contribution < 1.29 is 18.8 Å². The first-order chi connectivity index (χ1) is 9.58. The van der Waals surface area contributed by atoms with Crippen molar-refractivity contribution in [2.75, 3.05) is 0 Å². The van der Waals surface area contributed by atoms with Gasteiger partial charge in [0, 0.05) is 0 Å². The van der Waals surface area contributed by atoms with Crippen molar-refractivity contribution in [3.05, 3.63) is 11.7 Å². The molecular weight excluding hydrogens is 276 g/mol. The van der Waals surface area contributed by atoms with Crippen LogP contribution in [0.25, 0.3) is 0 Å². The lowest BCUT2D eigenvalue weighted by Crippen LogP contribution is -2.47. The first-order valence-electron chi connectivity index (χ1n) is 6.68. The summed E-state index contributed by atoms with van der Waals surface area (Å²) < 4.78 is 10.0. The maximum Gasteiger partial charge on any atom is 0.408 e. The fourth-order valence-electron chi connectivity index (χ4n) is 1.44. The molecule has 0 unspecified atom stereocenters. The minimum atomic E-state index is -0.744. The number of hydrogen-bond acceptors (Lipinski definition) is 6. The Morgan fingerprint density at radius 1 is 1.24 bits per heavy atom. The third-order valence-electron chi connectivity index (χ3n) is 2.40. The Hall–Kier alpha value is -2.12. The lowest BCUT2D eigenvalue weighted by atomic mass is 10.2. The fourth-order valence-corrected chi connectivity index (χ4v) is 1.44. The SMILES string of the molecule is Cc1noc([C@@H](C)NC(=O)[C@@H](C)NC(=O)OC(C)(C)C)n1. The molecule has 0 aromatic carbocycles. The minimum Gasteiger partial charge on any atom is -0.444 e. The molecule has 0 saturated carbocycles. The zero-order valence-electron chi connectivity index (χ0n) is 13.2. The molecule has 0 radical (unpaired) electrons. The lowest BCUT2D eigenvalue weighted by Gasteiger charge is -2.22. The van der Waals surface area contributed by atoms with Crippen molar-refractivity contribution in [1.82, 2.24) is 20.8 Å². The van der Waals surface area contributed by atoms with E-state index >= 15 is 0 Å². The van der Waals surface area contributed by atoms with Crippen molar-refractivity contribution in [2.45, 2.75) is 59.2 Å². The molecule has 8 heteroatoms. The van der Waals surface area contributed by atoms with E-state index < -0.39 is 23.8 Å². The van der Waals surface area contributed by atoms with Gasteiger partial charge in [0.15, 0.2) is 5.82 Å². The Balaban J connectivity index is 2.49. The molecule has 8 nitrogen and oxygen atoms in total. The molecule has 0 spiro atoms. The summed E-state index contributed by atoms with van der Waals surface area (Å²) in [7, 11) is 0. The highest BCUT2D eigenvalue weighted by Crippen LogP contribution is 2.10. The van der Waals surface area contributed by atoms with Crippen molar-refractivity contribution in [3.63, 3.8) is 0 Å². The predicted molar refractivity (Wildman–Crippen MR) is 74.4 cm³/mol. The van der Waals surface area contributed by atoms with Gasteiger partial charge in [-0.3, -0.25) is 4.79 Å². The standard InChI is InChI=1S/C13H22N4O4/c1-7(15-12(19)20-13(4,5)6)10(18)14-8(2)11-16-9(3)17-21-11/h7-8H,1-6H3,(H,14,18)(H,15,19)/t7-,8-/m1/s1. The van der Waals surface area contributed by atoms with Crippen LogP contribution >= 0.6 is 0 Å². The number of carbonyl (C=O) groups is 2. The van der Waals surface area contributed by atoms with Crippen LogP contribution in [0.2, 0.25) is 0 Å². The summed E-state index contributed by atoms with van der Waals surface area (Å²) in [5, 5.41) is 8.78. The Morgan fingerprint density at radius 3 is 2.33 bits per heavy atom. The molecule has 0 aliphatic carbocycles. The van der Waals surface area contributed by atoms with Gasteiger partial charge in [-0.15, -0.1) is 0 Å². The van der Waals surface area contributed by atoms with E-state index in [1.165, 1.54) is 0 Å². The molecule has 0 fully saturated rings. The first-order valence-corrected chi connectivity index (χ1v) is 6.68. The summed E-state index contributed by atoms with van der Waals surface area (Å²) in [4.78, 5) is 27.6. The topological polar surface area (TPSA) is 106 Å². The molecular formula is C13H22N4O4. The van der Waals surface area contributed by atoms with E-state index in [0.29, 0.717) is 11.7 Å². The van der Waals surface area contributed by atoms with Crippen LogP contribution in [0.4, 0.5) is 4.79 Å². The Morgan fingerprint density at radius 2 is 1.86 bits per heavy atom. The summed E-state index contributed by atoms with van der Waals surface area (Å²) in [6.45, 7) is 10.2. The van der Waals surface area contributed by atoms with E-state index in [1.807, 2.05) is 0 Å². The molecule has 0 aliphatic rings. The van der Waals surface area contributed by atoms with Crippen molar-refractivity contribution in [2.24, 2.45) is 0 Å². The molecule has 21 heavy (non-hydrogen) atoms. The number of aryl methyl sites for hydroxylation is 1. The van der Waals surface area contributed by atoms with E-state index in [9.17, 15) is 9.59 Å². The van der Waals surface area contributed by atoms with E-state index in [2.05, 4.69) is 20.8 Å². The lowest BCUT2D eigenvalue weighted by molar-refractivity contribution is -0.123. The second-order valence-corrected chi connectivity index (χ2v) is 5.78. The molecule has 1 aromatic rings. The number of rotatable bonds is 4. The number of nitrogens with one attached hydrogen (secondary N) is 2. The molecule has 2 amide bonds. The normalized spacial score (nSPS) is 14.2. The van der Waals surface area contributed by atoms with E-state index in [-0.39, 0.29) is 5.91 Å². The van der Waals surface area contributed by atoms with Gasteiger partial charge in [0.1, 0.15) is 17.7 Å². The summed E-state index contributed by atoms with van der Waals surface area (Å²) in [6.07, 6.45) is -0.647. The number of amides is 2. The highest BCUT2D eigenvalue weighted by molar-refractivity contribution is 5.85. The summed E-state index contributed by atoms with van der Waals surface area (Å²) in [5.74, 6) is 0.431. The van der Waals surface area contributed by atoms with Crippen LogP contribution in [0.15, 0.2) is 4.52 Å². The highest BCUT2D eigenvalue weighted by Gasteiger charge is 2.23. The van der Waals surface area contributed by atoms with Gasteiger partial charge in [-0.05, 0) is 41.5 Å². The summed E-state index contributed by atoms with van der Waals surface area (Å²) >= 11 is 0. The van der Waals surface area contributed by atoms with E-state index in [1.54, 1.807) is 41.5 Å². The van der Waals surface area contributed by atoms with Crippen LogP contribution in [0.1, 0.15) is 52.4 Å². The van der Waals surface area contributed by atoms with Crippen LogP contribution in [0.5, 0.6) is 0 Å². The van der Waals surface area contributed by atoms with Crippen LogP contribution in [-0.4, -0.2) is 33.8 Å². The molecule has 0 bridgehead atoms. The van der Waals surface area contributed by atoms with Crippen LogP contribution in [0, 0.1) is 6.92 Å². The van der Waals surface area contributed by atoms with Crippen molar-refractivity contribution in [1.29, 1.82) is 0 Å². The Bertz CT molecular complexity index is 507. The zero-order valence-corrected chi connectivity index (χ0v) is 13.2. The molecule has 2 N–H and O–H groups in total. The Labute approximate surface area is 123 Å². The second-order valence-electron chi connectivity index (χ2n) is 5.78. The predicted octanol–water partition coefficient (Wildman–Crippen LogP) is 1.47. The number of ether oxygens (including phenoxy) is 1. The first kappa shape index (κ1) is 16.9. The molecule has 1 aromatic heterocycles. The van der Waals surface area contributed by atoms with Crippen LogP contribution in [-0.2, 0) is 9.53 Å². The van der Waals surface area contributed by atoms with Gasteiger partial charge in [-0.1, -0.05) is 5.16 Å². The minimum absolute atomic E-state index is 0.310. The number of hydrogen-bond donors (Lipinski definition) is 2. The van der Waals surface area contributed by atoms with Gasteiger partial charge in [0.25, 0.3) is 0 Å². The molecule has 118 valence electrons. The average molecular weight is 298 g/mol. The van der Waals surface area contributed by atoms with Crippen molar-refractivity contribution in [3.8, 4) is 0 Å². The molecule has 0 saturated heterocycles. The highest BCUT2D eigenvalue weighted by atomic mass is 16.6. The second kappa shape index (κ2) is 6.55. The monoisotopic (exact) mass is 298 g/mol. The molecule has 1 heterocycles. The van der Waals surface area contributed by atoms with Gasteiger partial charge in [-0.2, -0.15) is 4.98 Å². The number of aromatic nitrogens is 2. The van der Waals surface area contributed by atoms with Gasteiger partial charge >= 0.3 is 6.09 Å². The third kappa shape index (κ3) is 5.80. The summed E-state index contributed by atoms with van der Waals surface area (Å²) in [5.41, 5.74) is -0.616. The van der Waals surface area contributed by atoms with Gasteiger partial charge in [-0.25, -0.2) is 4.79 Å². The largest absolute Gasteiger partial charge is 0.444 e. The van der Waals surface area contributed by atoms with E-state index in [0.717, 1.165) is 0 Å². The molecule has 1 rings (SSSR count). The van der Waals surface area contributed by atoms with Crippen molar-refractivity contribution >= 4 is 12.0 Å². The van der Waals surface area contributed by atoms with Gasteiger partial charge in [0.05, 0.1) is 0 Å². The summed E-state index contributed by atoms with van der Waals surface area (Å²) in [6, 6.07) is -1.19. The Kier molecular flexibility index (Phi) is 5.28. The maximum absolute atomic E-state index is 12.0. The fraction of sp³-hybridized carbons (Fsp3) is 0.692. The van der Waals surface area contributed by atoms with Gasteiger partial charge in [0.2, 0.25) is 11.8 Å². The van der Waals surface area contributed by atoms with Crippen LogP contribution < -0.4 is 10.6 Å².